The van der Waals surface area contributed by atoms with Crippen LogP contribution in [0.15, 0.2) is 58.1 Å². The molecule has 326 valence electrons. The first-order valence-corrected chi connectivity index (χ1v) is 21.5. The van der Waals surface area contributed by atoms with E-state index in [1.54, 1.807) is 24.3 Å². The van der Waals surface area contributed by atoms with Crippen LogP contribution >= 0.6 is 11.6 Å². The monoisotopic (exact) mass is 865 g/mol. The molecule has 0 aliphatic heterocycles. The molecule has 3 saturated carbocycles. The van der Waals surface area contributed by atoms with Crippen LogP contribution in [0.2, 0.25) is 5.02 Å². The average molecular weight is 866 g/mol. The van der Waals surface area contributed by atoms with E-state index in [1.165, 1.54) is 12.1 Å². The molecule has 0 unspecified atom stereocenters. The minimum absolute atomic E-state index is 0.00235. The number of ether oxygens (including phenoxy) is 1. The lowest BCUT2D eigenvalue weighted by atomic mass is 10.1. The summed E-state index contributed by atoms with van der Waals surface area (Å²) in [6.45, 7) is -1.46. The summed E-state index contributed by atoms with van der Waals surface area (Å²) in [7, 11) is 0. The van der Waals surface area contributed by atoms with Crippen molar-refractivity contribution in [1.29, 1.82) is 0 Å². The smallest absolute Gasteiger partial charge is 0.422 e. The van der Waals surface area contributed by atoms with Gasteiger partial charge in [0.2, 0.25) is 17.8 Å². The van der Waals surface area contributed by atoms with Gasteiger partial charge in [-0.2, -0.15) is 28.1 Å². The number of nitrogens with zero attached hydrogens (tertiary/aromatic N) is 3. The number of amides is 2. The van der Waals surface area contributed by atoms with Crippen LogP contribution in [0, 0.1) is 0 Å². The fraction of sp³-hybridized carbons (Fsp3) is 0.512. The highest BCUT2D eigenvalue weighted by atomic mass is 35.5. The van der Waals surface area contributed by atoms with Crippen molar-refractivity contribution in [3.63, 3.8) is 0 Å². The van der Waals surface area contributed by atoms with Crippen molar-refractivity contribution in [2.75, 3.05) is 34.4 Å². The highest BCUT2D eigenvalue weighted by Crippen LogP contribution is 2.48. The average Bonchev–Trinajstić information content (AvgIpc) is 4.09. The molecule has 1 atom stereocenters. The summed E-state index contributed by atoms with van der Waals surface area (Å²) in [5.41, 5.74) is 0.342. The normalized spacial score (nSPS) is 17.6. The van der Waals surface area contributed by atoms with Gasteiger partial charge in [-0.1, -0.05) is 75.1 Å². The fourth-order valence-electron chi connectivity index (χ4n) is 8.01. The largest absolute Gasteiger partial charge is 0.454 e. The SMILES string of the molecule is O=C(N[C@@H](CCNc1c(NC2CCCCCC2)c(=O)c1=O)C(=O)NC1CCCCCC1)c1ccc(Nc2nc(NC3(c4ccc(Cl)cc4)CC3)nc(OCC(F)(F)F)n2)cc1. The molecule has 1 aromatic heterocycles. The molecular weight excluding hydrogens is 815 g/mol. The highest BCUT2D eigenvalue weighted by molar-refractivity contribution is 6.30. The zero-order chi connectivity index (χ0) is 43.0. The summed E-state index contributed by atoms with van der Waals surface area (Å²) < 4.78 is 44.1. The maximum absolute atomic E-state index is 13.7. The topological polar surface area (TPSA) is 188 Å². The lowest BCUT2D eigenvalue weighted by Gasteiger charge is -2.24. The number of benzene rings is 2. The molecule has 61 heavy (non-hydrogen) atoms. The molecule has 4 aromatic rings. The van der Waals surface area contributed by atoms with Crippen LogP contribution in [0.5, 0.6) is 6.01 Å². The van der Waals surface area contributed by atoms with Crippen molar-refractivity contribution in [1.82, 2.24) is 25.6 Å². The van der Waals surface area contributed by atoms with Gasteiger partial charge in [-0.15, -0.1) is 0 Å². The zero-order valence-electron chi connectivity index (χ0n) is 33.8. The van der Waals surface area contributed by atoms with Crippen molar-refractivity contribution >= 4 is 52.4 Å². The minimum Gasteiger partial charge on any atom is -0.454 e. The molecule has 3 aliphatic rings. The number of carbonyl (C=O) groups is 2. The van der Waals surface area contributed by atoms with Gasteiger partial charge >= 0.3 is 12.2 Å². The Kier molecular flexibility index (Phi) is 14.0. The van der Waals surface area contributed by atoms with Crippen molar-refractivity contribution in [2.24, 2.45) is 0 Å². The molecular formula is C43H51ClF3N9O5. The van der Waals surface area contributed by atoms with E-state index in [0.29, 0.717) is 10.7 Å². The fourth-order valence-corrected chi connectivity index (χ4v) is 8.14. The molecule has 0 radical (unpaired) electrons. The van der Waals surface area contributed by atoms with Gasteiger partial charge in [0.1, 0.15) is 17.4 Å². The summed E-state index contributed by atoms with van der Waals surface area (Å²) in [5.74, 6) is -0.967. The van der Waals surface area contributed by atoms with Gasteiger partial charge in [-0.25, -0.2) is 0 Å². The summed E-state index contributed by atoms with van der Waals surface area (Å²) in [5, 5.41) is 19.1. The summed E-state index contributed by atoms with van der Waals surface area (Å²) >= 11 is 6.07. The Morgan fingerprint density at radius 3 is 2.02 bits per heavy atom. The number of hydrogen-bond acceptors (Lipinski definition) is 12. The first-order chi connectivity index (χ1) is 29.3. The van der Waals surface area contributed by atoms with Crippen molar-refractivity contribution in [3.8, 4) is 6.01 Å². The lowest BCUT2D eigenvalue weighted by molar-refractivity contribution is -0.154. The molecule has 1 heterocycles. The highest BCUT2D eigenvalue weighted by Gasteiger charge is 2.45. The van der Waals surface area contributed by atoms with Crippen LogP contribution < -0.4 is 47.5 Å². The quantitative estimate of drug-likeness (QED) is 0.0455. The van der Waals surface area contributed by atoms with E-state index in [0.717, 1.165) is 95.5 Å². The number of rotatable bonds is 17. The third-order valence-electron chi connectivity index (χ3n) is 11.6. The predicted molar refractivity (Wildman–Crippen MR) is 228 cm³/mol. The Morgan fingerprint density at radius 1 is 0.787 bits per heavy atom. The number of alkyl halides is 3. The molecule has 0 saturated heterocycles. The van der Waals surface area contributed by atoms with Crippen LogP contribution in [0.3, 0.4) is 0 Å². The Hall–Kier alpha value is -5.45. The lowest BCUT2D eigenvalue weighted by Crippen LogP contribution is -2.50. The molecule has 0 spiro atoms. The molecule has 0 bridgehead atoms. The van der Waals surface area contributed by atoms with E-state index >= 15 is 0 Å². The third-order valence-corrected chi connectivity index (χ3v) is 11.8. The van der Waals surface area contributed by atoms with Crippen molar-refractivity contribution < 1.29 is 27.5 Å². The van der Waals surface area contributed by atoms with Crippen LogP contribution in [0.1, 0.15) is 112 Å². The van der Waals surface area contributed by atoms with Gasteiger partial charge in [0, 0.05) is 34.9 Å². The van der Waals surface area contributed by atoms with E-state index in [2.05, 4.69) is 46.9 Å². The standard InChI is InChI=1S/C43H51ClF3N9O5/c44-28-17-15-27(16-18-28)42(22-23-42)56-40-53-39(54-41(55-40)61-25-43(45,46)47)51-31-19-13-26(14-20-31)37(59)52-32(38(60)50-30-11-7-3-4-8-12-30)21-24-48-33-34(36(58)35(33)57)49-29-9-5-1-2-6-10-29/h13-20,29-30,32,48-49H,1-12,21-25H2,(H,50,60)(H,52,59)(H2,51,53,54,55,56)/t32-/m0/s1. The number of anilines is 5. The minimum atomic E-state index is -4.63. The predicted octanol–water partition coefficient (Wildman–Crippen LogP) is 7.48. The van der Waals surface area contributed by atoms with Gasteiger partial charge in [0.15, 0.2) is 6.61 Å². The van der Waals surface area contributed by atoms with Crippen LogP contribution in [-0.4, -0.2) is 64.2 Å². The summed E-state index contributed by atoms with van der Waals surface area (Å²) in [6.07, 6.45) is 9.11. The van der Waals surface area contributed by atoms with Crippen LogP contribution in [0.25, 0.3) is 0 Å². The second-order valence-corrected chi connectivity index (χ2v) is 16.7. The Bertz CT molecular complexity index is 2200. The van der Waals surface area contributed by atoms with E-state index in [9.17, 15) is 32.3 Å². The number of carbonyl (C=O) groups excluding carboxylic acids is 2. The van der Waals surface area contributed by atoms with E-state index in [4.69, 9.17) is 16.3 Å². The van der Waals surface area contributed by atoms with Crippen LogP contribution in [-0.2, 0) is 10.3 Å². The number of nitrogens with one attached hydrogen (secondary N) is 6. The maximum atomic E-state index is 13.7. The van der Waals surface area contributed by atoms with Gasteiger partial charge in [0.05, 0.1) is 5.54 Å². The molecule has 3 aromatic carbocycles. The Morgan fingerprint density at radius 2 is 1.39 bits per heavy atom. The van der Waals surface area contributed by atoms with Crippen molar-refractivity contribution in [3.05, 3.63) is 85.1 Å². The van der Waals surface area contributed by atoms with Gasteiger partial charge in [-0.05, 0) is 86.9 Å². The number of aromatic nitrogens is 3. The molecule has 14 nitrogen and oxygen atoms in total. The summed E-state index contributed by atoms with van der Waals surface area (Å²) in [4.78, 5) is 65.0. The number of halogens is 4. The zero-order valence-corrected chi connectivity index (χ0v) is 34.5. The molecule has 2 amide bonds. The molecule has 6 N–H and O–H groups in total. The third kappa shape index (κ3) is 11.9. The van der Waals surface area contributed by atoms with Gasteiger partial charge in [0.25, 0.3) is 16.8 Å². The number of hydrogen-bond donors (Lipinski definition) is 6. The molecule has 18 heteroatoms. The first-order valence-electron chi connectivity index (χ1n) is 21.2. The molecule has 3 fully saturated rings. The molecule has 3 aliphatic carbocycles. The van der Waals surface area contributed by atoms with Crippen molar-refractivity contribution in [2.45, 2.75) is 126 Å². The second-order valence-electron chi connectivity index (χ2n) is 16.3. The van der Waals surface area contributed by atoms with E-state index in [1.807, 2.05) is 12.1 Å². The first kappa shape index (κ1) is 43.6. The van der Waals surface area contributed by atoms with Gasteiger partial charge in [-0.3, -0.25) is 19.2 Å². The molecule has 7 rings (SSSR count). The van der Waals surface area contributed by atoms with E-state index in [-0.39, 0.29) is 59.8 Å². The second kappa shape index (κ2) is 19.5. The summed E-state index contributed by atoms with van der Waals surface area (Å²) in [6, 6.07) is 12.0. The Balaban J connectivity index is 1.02. The van der Waals surface area contributed by atoms with Gasteiger partial charge < -0.3 is 36.6 Å². The van der Waals surface area contributed by atoms with Crippen LogP contribution in [0.4, 0.5) is 42.1 Å². The van der Waals surface area contributed by atoms with E-state index < -0.39 is 47.1 Å². The maximum Gasteiger partial charge on any atom is 0.422 e. The Labute approximate surface area is 356 Å².